The van der Waals surface area contributed by atoms with Gasteiger partial charge in [0.15, 0.2) is 6.07 Å². The Balaban J connectivity index is 2.78. The summed E-state index contributed by atoms with van der Waals surface area (Å²) in [4.78, 5) is 26.2. The number of alkyl halides is 1. The van der Waals surface area contributed by atoms with Crippen molar-refractivity contribution in [3.63, 3.8) is 0 Å². The number of rotatable bonds is 3. The van der Waals surface area contributed by atoms with Crippen LogP contribution in [0.3, 0.4) is 0 Å². The Morgan fingerprint density at radius 1 is 1.30 bits per heavy atom. The molecular formula is C13H23ClN2O4. The maximum absolute atomic E-state index is 12.1. The van der Waals surface area contributed by atoms with Crippen LogP contribution in [-0.2, 0) is 14.3 Å². The predicted octanol–water partition coefficient (Wildman–Crippen LogP) is 1.71. The summed E-state index contributed by atoms with van der Waals surface area (Å²) < 4.78 is 10.1. The molecule has 1 aliphatic rings. The first-order valence-electron chi connectivity index (χ1n) is 6.61. The minimum Gasteiger partial charge on any atom is -0.448 e. The fraction of sp³-hybridized carbons (Fsp3) is 0.846. The monoisotopic (exact) mass is 306 g/mol. The number of hydrogen-bond donors (Lipinski definition) is 1. The molecule has 7 heteroatoms. The summed E-state index contributed by atoms with van der Waals surface area (Å²) in [7, 11) is 1.96. The second-order valence-electron chi connectivity index (χ2n) is 6.05. The van der Waals surface area contributed by atoms with E-state index >= 15 is 0 Å². The second kappa shape index (κ2) is 6.63. The van der Waals surface area contributed by atoms with Crippen LogP contribution in [0, 0.1) is 0 Å². The molecule has 0 unspecified atom stereocenters. The van der Waals surface area contributed by atoms with Crippen LogP contribution in [0.25, 0.3) is 0 Å². The lowest BCUT2D eigenvalue weighted by atomic mass is 9.88. The molecule has 0 aromatic rings. The van der Waals surface area contributed by atoms with Crippen LogP contribution < -0.4 is 5.32 Å². The number of carbonyl (C=O) groups excluding carboxylic acids is 2. The Bertz CT molecular complexity index is 360. The number of halogens is 1. The second-order valence-corrected chi connectivity index (χ2v) is 6.27. The average molecular weight is 307 g/mol. The van der Waals surface area contributed by atoms with Crippen LogP contribution >= 0.6 is 11.6 Å². The fourth-order valence-electron chi connectivity index (χ4n) is 2.07. The zero-order chi connectivity index (χ0) is 15.4. The Kier molecular flexibility index (Phi) is 5.65. The van der Waals surface area contributed by atoms with Crippen molar-refractivity contribution < 1.29 is 19.1 Å². The van der Waals surface area contributed by atoms with Crippen LogP contribution in [0.1, 0.15) is 33.6 Å². The number of hydrogen-bond acceptors (Lipinski definition) is 5. The van der Waals surface area contributed by atoms with E-state index in [-0.39, 0.29) is 6.07 Å². The first kappa shape index (κ1) is 17.0. The van der Waals surface area contributed by atoms with Crippen molar-refractivity contribution in [3.05, 3.63) is 0 Å². The van der Waals surface area contributed by atoms with Gasteiger partial charge in [-0.1, -0.05) is 11.6 Å². The summed E-state index contributed by atoms with van der Waals surface area (Å²) in [5.41, 5.74) is -1.67. The highest BCUT2D eigenvalue weighted by molar-refractivity contribution is 6.17. The molecule has 0 spiro atoms. The predicted molar refractivity (Wildman–Crippen MR) is 75.6 cm³/mol. The van der Waals surface area contributed by atoms with Crippen LogP contribution in [0.15, 0.2) is 0 Å². The average Bonchev–Trinajstić information content (AvgIpc) is 2.30. The SMILES string of the molecule is CN1CCC(NC(=O)OC(C)(C)C)(C(=O)OCCl)CC1. The molecule has 0 aromatic carbocycles. The molecule has 6 nitrogen and oxygen atoms in total. The Morgan fingerprint density at radius 2 is 1.85 bits per heavy atom. The summed E-state index contributed by atoms with van der Waals surface area (Å²) in [6, 6.07) is -0.230. The fourth-order valence-corrected chi connectivity index (χ4v) is 2.17. The molecule has 1 rings (SSSR count). The Hall–Kier alpha value is -1.01. The highest BCUT2D eigenvalue weighted by Gasteiger charge is 2.44. The normalized spacial score (nSPS) is 19.2. The molecular weight excluding hydrogens is 284 g/mol. The molecule has 1 N–H and O–H groups in total. The zero-order valence-electron chi connectivity index (χ0n) is 12.5. The first-order chi connectivity index (χ1) is 9.18. The van der Waals surface area contributed by atoms with Crippen LogP contribution in [-0.4, -0.2) is 54.3 Å². The van der Waals surface area contributed by atoms with Gasteiger partial charge in [-0.25, -0.2) is 9.59 Å². The molecule has 0 radical (unpaired) electrons. The van der Waals surface area contributed by atoms with Gasteiger partial charge < -0.3 is 19.7 Å². The Morgan fingerprint density at radius 3 is 2.30 bits per heavy atom. The standard InChI is InChI=1S/C13H23ClN2O4/c1-12(2,3)20-11(18)15-13(10(17)19-9-14)5-7-16(4)8-6-13/h5-9H2,1-4H3,(H,15,18). The number of carbonyl (C=O) groups is 2. The van der Waals surface area contributed by atoms with E-state index in [1.807, 2.05) is 7.05 Å². The molecule has 0 aromatic heterocycles. The number of esters is 1. The molecule has 1 amide bonds. The van der Waals surface area contributed by atoms with Crippen molar-refractivity contribution in [2.45, 2.75) is 44.8 Å². The summed E-state index contributed by atoms with van der Waals surface area (Å²) in [5, 5.41) is 2.67. The maximum atomic E-state index is 12.1. The maximum Gasteiger partial charge on any atom is 0.408 e. The molecule has 0 bridgehead atoms. The number of alkyl carbamates (subject to hydrolysis) is 1. The summed E-state index contributed by atoms with van der Waals surface area (Å²) in [5.74, 6) is -0.508. The lowest BCUT2D eigenvalue weighted by Gasteiger charge is -2.39. The minimum atomic E-state index is -1.05. The van der Waals surface area contributed by atoms with Gasteiger partial charge in [0.25, 0.3) is 0 Å². The van der Waals surface area contributed by atoms with Gasteiger partial charge in [-0.15, -0.1) is 0 Å². The highest BCUT2D eigenvalue weighted by Crippen LogP contribution is 2.24. The van der Waals surface area contributed by atoms with Gasteiger partial charge in [-0.2, -0.15) is 0 Å². The number of amides is 1. The Labute approximate surface area is 124 Å². The highest BCUT2D eigenvalue weighted by atomic mass is 35.5. The van der Waals surface area contributed by atoms with Gasteiger partial charge in [0, 0.05) is 13.1 Å². The van der Waals surface area contributed by atoms with Crippen molar-refractivity contribution in [1.29, 1.82) is 0 Å². The third-order valence-corrected chi connectivity index (χ3v) is 3.27. The van der Waals surface area contributed by atoms with E-state index in [1.165, 1.54) is 0 Å². The lowest BCUT2D eigenvalue weighted by Crippen LogP contribution is -2.60. The molecule has 1 aliphatic heterocycles. The quantitative estimate of drug-likeness (QED) is 0.635. The van der Waals surface area contributed by atoms with E-state index < -0.39 is 23.2 Å². The van der Waals surface area contributed by atoms with Gasteiger partial charge >= 0.3 is 12.1 Å². The topological polar surface area (TPSA) is 67.9 Å². The van der Waals surface area contributed by atoms with E-state index in [2.05, 4.69) is 10.2 Å². The van der Waals surface area contributed by atoms with Gasteiger partial charge in [0.1, 0.15) is 11.1 Å². The first-order valence-corrected chi connectivity index (χ1v) is 7.15. The molecule has 1 heterocycles. The largest absolute Gasteiger partial charge is 0.448 e. The van der Waals surface area contributed by atoms with Crippen molar-refractivity contribution in [2.75, 3.05) is 26.2 Å². The molecule has 116 valence electrons. The number of nitrogens with one attached hydrogen (secondary N) is 1. The van der Waals surface area contributed by atoms with Gasteiger partial charge in [0.05, 0.1) is 0 Å². The van der Waals surface area contributed by atoms with Crippen molar-refractivity contribution in [1.82, 2.24) is 10.2 Å². The van der Waals surface area contributed by atoms with Crippen molar-refractivity contribution in [2.24, 2.45) is 0 Å². The van der Waals surface area contributed by atoms with Crippen LogP contribution in [0.5, 0.6) is 0 Å². The third kappa shape index (κ3) is 4.83. The van der Waals surface area contributed by atoms with Crippen LogP contribution in [0.2, 0.25) is 0 Å². The van der Waals surface area contributed by atoms with E-state index in [0.29, 0.717) is 25.9 Å². The summed E-state index contributed by atoms with van der Waals surface area (Å²) in [6.45, 7) is 6.68. The van der Waals surface area contributed by atoms with Gasteiger partial charge in [-0.3, -0.25) is 0 Å². The van der Waals surface area contributed by atoms with Gasteiger partial charge in [-0.05, 0) is 40.7 Å². The molecule has 20 heavy (non-hydrogen) atoms. The lowest BCUT2D eigenvalue weighted by molar-refractivity contribution is -0.151. The molecule has 0 saturated carbocycles. The molecule has 1 fully saturated rings. The zero-order valence-corrected chi connectivity index (χ0v) is 13.2. The smallest absolute Gasteiger partial charge is 0.408 e. The number of ether oxygens (including phenoxy) is 2. The number of nitrogens with zero attached hydrogens (tertiary/aromatic N) is 1. The van der Waals surface area contributed by atoms with Crippen molar-refractivity contribution in [3.8, 4) is 0 Å². The van der Waals surface area contributed by atoms with Crippen molar-refractivity contribution >= 4 is 23.7 Å². The molecule has 0 aliphatic carbocycles. The van der Waals surface area contributed by atoms with E-state index in [4.69, 9.17) is 21.1 Å². The van der Waals surface area contributed by atoms with Crippen LogP contribution in [0.4, 0.5) is 4.79 Å². The summed E-state index contributed by atoms with van der Waals surface area (Å²) in [6.07, 6.45) is 0.324. The van der Waals surface area contributed by atoms with E-state index in [1.54, 1.807) is 20.8 Å². The third-order valence-electron chi connectivity index (χ3n) is 3.16. The molecule has 0 atom stereocenters. The summed E-state index contributed by atoms with van der Waals surface area (Å²) >= 11 is 5.45. The minimum absolute atomic E-state index is 0.230. The number of likely N-dealkylation sites (tertiary alicyclic amines) is 1. The van der Waals surface area contributed by atoms with E-state index in [9.17, 15) is 9.59 Å². The van der Waals surface area contributed by atoms with Gasteiger partial charge in [0.2, 0.25) is 0 Å². The number of piperidine rings is 1. The van der Waals surface area contributed by atoms with E-state index in [0.717, 1.165) is 0 Å². The molecule has 1 saturated heterocycles.